The number of nitrogens with one attached hydrogen (secondary N) is 1. The number of piperidine rings is 1. The van der Waals surface area contributed by atoms with Crippen molar-refractivity contribution in [2.45, 2.75) is 43.7 Å². The molecule has 0 bridgehead atoms. The van der Waals surface area contributed by atoms with Crippen LogP contribution in [0, 0.1) is 11.8 Å². The second kappa shape index (κ2) is 8.78. The Bertz CT molecular complexity index is 650. The molecule has 8 heteroatoms. The van der Waals surface area contributed by atoms with Gasteiger partial charge in [0.15, 0.2) is 0 Å². The van der Waals surface area contributed by atoms with E-state index in [1.165, 1.54) is 11.3 Å². The molecule has 1 fully saturated rings. The molecule has 1 saturated heterocycles. The van der Waals surface area contributed by atoms with Gasteiger partial charge in [-0.2, -0.15) is 4.31 Å². The van der Waals surface area contributed by atoms with Gasteiger partial charge in [0.25, 0.3) is 10.0 Å². The largest absolute Gasteiger partial charge is 0.356 e. The van der Waals surface area contributed by atoms with Crippen LogP contribution in [0.25, 0.3) is 0 Å². The summed E-state index contributed by atoms with van der Waals surface area (Å²) in [7, 11) is -3.40. The molecule has 1 aliphatic rings. The molecular weight excluding hydrogens is 412 g/mol. The van der Waals surface area contributed by atoms with Gasteiger partial charge in [-0.3, -0.25) is 4.79 Å². The number of hydrogen-bond acceptors (Lipinski definition) is 4. The van der Waals surface area contributed by atoms with Crippen molar-refractivity contribution in [3.63, 3.8) is 0 Å². The van der Waals surface area contributed by atoms with Crippen LogP contribution in [0.4, 0.5) is 0 Å². The van der Waals surface area contributed by atoms with Gasteiger partial charge >= 0.3 is 0 Å². The van der Waals surface area contributed by atoms with Gasteiger partial charge in [-0.25, -0.2) is 8.42 Å². The van der Waals surface area contributed by atoms with Crippen LogP contribution in [-0.4, -0.2) is 38.3 Å². The van der Waals surface area contributed by atoms with Gasteiger partial charge in [0.05, 0.1) is 3.79 Å². The van der Waals surface area contributed by atoms with Gasteiger partial charge in [-0.1, -0.05) is 13.8 Å². The standard InChI is InChI=1S/C16H25BrN2O3S2/c1-12(2)5-8-18-15(20)11-13-6-9-19(10-7-13)24(21,22)16-4-3-14(17)23-16/h3-4,12-13H,5-11H2,1-2H3,(H,18,20). The van der Waals surface area contributed by atoms with Gasteiger partial charge in [0.1, 0.15) is 4.21 Å². The summed E-state index contributed by atoms with van der Waals surface area (Å²) in [6.07, 6.45) is 2.96. The van der Waals surface area contributed by atoms with Crippen molar-refractivity contribution in [2.75, 3.05) is 19.6 Å². The Balaban J connectivity index is 1.80. The third-order valence-electron chi connectivity index (χ3n) is 4.23. The fraction of sp³-hybridized carbons (Fsp3) is 0.688. The average Bonchev–Trinajstić information content (AvgIpc) is 2.95. The number of nitrogens with zero attached hydrogens (tertiary/aromatic N) is 1. The third kappa shape index (κ3) is 5.54. The Hall–Kier alpha value is -0.440. The molecule has 1 N–H and O–H groups in total. The van der Waals surface area contributed by atoms with Crippen LogP contribution in [0.15, 0.2) is 20.1 Å². The molecule has 0 aromatic carbocycles. The molecule has 2 heterocycles. The first-order valence-electron chi connectivity index (χ1n) is 8.31. The normalized spacial score (nSPS) is 17.3. The summed E-state index contributed by atoms with van der Waals surface area (Å²) >= 11 is 4.54. The SMILES string of the molecule is CC(C)CCNC(=O)CC1CCN(S(=O)(=O)c2ccc(Br)s2)CC1. The fourth-order valence-electron chi connectivity index (χ4n) is 2.75. The third-order valence-corrected chi connectivity index (χ3v) is 8.22. The quantitative estimate of drug-likeness (QED) is 0.711. The first kappa shape index (κ1) is 19.9. The molecule has 1 aromatic rings. The molecule has 0 saturated carbocycles. The van der Waals surface area contributed by atoms with E-state index in [-0.39, 0.29) is 11.8 Å². The molecule has 2 rings (SSSR count). The summed E-state index contributed by atoms with van der Waals surface area (Å²) in [5.74, 6) is 0.931. The van der Waals surface area contributed by atoms with Crippen molar-refractivity contribution in [3.05, 3.63) is 15.9 Å². The summed E-state index contributed by atoms with van der Waals surface area (Å²) in [6, 6.07) is 3.39. The molecule has 24 heavy (non-hydrogen) atoms. The number of carbonyl (C=O) groups excluding carboxylic acids is 1. The maximum Gasteiger partial charge on any atom is 0.252 e. The minimum Gasteiger partial charge on any atom is -0.356 e. The Labute approximate surface area is 157 Å². The second-order valence-electron chi connectivity index (χ2n) is 6.64. The minimum atomic E-state index is -3.40. The first-order chi connectivity index (χ1) is 11.3. The van der Waals surface area contributed by atoms with E-state index in [0.717, 1.165) is 29.6 Å². The molecule has 1 aromatic heterocycles. The van der Waals surface area contributed by atoms with Crippen LogP contribution in [0.1, 0.15) is 39.5 Å². The van der Waals surface area contributed by atoms with Crippen molar-refractivity contribution in [1.82, 2.24) is 9.62 Å². The highest BCUT2D eigenvalue weighted by Crippen LogP contribution is 2.31. The predicted octanol–water partition coefficient (Wildman–Crippen LogP) is 3.46. The van der Waals surface area contributed by atoms with Crippen LogP contribution < -0.4 is 5.32 Å². The van der Waals surface area contributed by atoms with Crippen LogP contribution in [0.2, 0.25) is 0 Å². The maximum absolute atomic E-state index is 12.6. The smallest absolute Gasteiger partial charge is 0.252 e. The topological polar surface area (TPSA) is 66.5 Å². The lowest BCUT2D eigenvalue weighted by molar-refractivity contribution is -0.122. The molecule has 0 radical (unpaired) electrons. The molecule has 0 spiro atoms. The van der Waals surface area contributed by atoms with Crippen molar-refractivity contribution in [1.29, 1.82) is 0 Å². The lowest BCUT2D eigenvalue weighted by Crippen LogP contribution is -2.39. The zero-order valence-electron chi connectivity index (χ0n) is 14.1. The molecule has 136 valence electrons. The molecule has 0 atom stereocenters. The van der Waals surface area contributed by atoms with E-state index in [0.29, 0.717) is 29.6 Å². The van der Waals surface area contributed by atoms with Gasteiger partial charge in [0, 0.05) is 26.1 Å². The summed E-state index contributed by atoms with van der Waals surface area (Å²) in [4.78, 5) is 11.9. The summed E-state index contributed by atoms with van der Waals surface area (Å²) in [5.41, 5.74) is 0. The van der Waals surface area contributed by atoms with Gasteiger partial charge in [-0.05, 0) is 59.2 Å². The van der Waals surface area contributed by atoms with Crippen LogP contribution >= 0.6 is 27.3 Å². The average molecular weight is 437 g/mol. The molecule has 1 amide bonds. The number of thiophene rings is 1. The molecule has 5 nitrogen and oxygen atoms in total. The zero-order valence-corrected chi connectivity index (χ0v) is 17.3. The second-order valence-corrected chi connectivity index (χ2v) is 11.3. The van der Waals surface area contributed by atoms with E-state index < -0.39 is 10.0 Å². The number of halogens is 1. The molecule has 0 unspecified atom stereocenters. The van der Waals surface area contributed by atoms with Gasteiger partial charge in [0.2, 0.25) is 5.91 Å². The van der Waals surface area contributed by atoms with E-state index in [1.54, 1.807) is 16.4 Å². The van der Waals surface area contributed by atoms with Crippen molar-refractivity contribution < 1.29 is 13.2 Å². The van der Waals surface area contributed by atoms with E-state index >= 15 is 0 Å². The summed E-state index contributed by atoms with van der Waals surface area (Å²) in [6.45, 7) is 5.96. The number of carbonyl (C=O) groups is 1. The Kier molecular flexibility index (Phi) is 7.27. The Morgan fingerprint density at radius 2 is 2.04 bits per heavy atom. The van der Waals surface area contributed by atoms with Gasteiger partial charge < -0.3 is 5.32 Å². The minimum absolute atomic E-state index is 0.0825. The Morgan fingerprint density at radius 1 is 1.38 bits per heavy atom. The highest BCUT2D eigenvalue weighted by Gasteiger charge is 2.31. The monoisotopic (exact) mass is 436 g/mol. The fourth-order valence-corrected chi connectivity index (χ4v) is 6.39. The zero-order chi connectivity index (χ0) is 17.7. The van der Waals surface area contributed by atoms with E-state index in [9.17, 15) is 13.2 Å². The first-order valence-corrected chi connectivity index (χ1v) is 11.4. The molecule has 1 aliphatic heterocycles. The summed E-state index contributed by atoms with van der Waals surface area (Å²) < 4.78 is 27.9. The summed E-state index contributed by atoms with van der Waals surface area (Å²) in [5, 5.41) is 2.96. The Morgan fingerprint density at radius 3 is 2.58 bits per heavy atom. The predicted molar refractivity (Wildman–Crippen MR) is 101 cm³/mol. The maximum atomic E-state index is 12.6. The highest BCUT2D eigenvalue weighted by atomic mass is 79.9. The number of sulfonamides is 1. The van der Waals surface area contributed by atoms with Crippen LogP contribution in [0.5, 0.6) is 0 Å². The van der Waals surface area contributed by atoms with Gasteiger partial charge in [-0.15, -0.1) is 11.3 Å². The lowest BCUT2D eigenvalue weighted by Gasteiger charge is -2.30. The van der Waals surface area contributed by atoms with Crippen molar-refractivity contribution in [2.24, 2.45) is 11.8 Å². The number of amides is 1. The molecular formula is C16H25BrN2O3S2. The van der Waals surface area contributed by atoms with E-state index in [1.807, 2.05) is 0 Å². The lowest BCUT2D eigenvalue weighted by atomic mass is 9.94. The van der Waals surface area contributed by atoms with Crippen LogP contribution in [0.3, 0.4) is 0 Å². The van der Waals surface area contributed by atoms with Crippen molar-refractivity contribution in [3.8, 4) is 0 Å². The highest BCUT2D eigenvalue weighted by molar-refractivity contribution is 9.11. The number of rotatable bonds is 7. The van der Waals surface area contributed by atoms with E-state index in [4.69, 9.17) is 0 Å². The van der Waals surface area contributed by atoms with Crippen molar-refractivity contribution >= 4 is 43.2 Å². The van der Waals surface area contributed by atoms with E-state index in [2.05, 4.69) is 35.1 Å². The van der Waals surface area contributed by atoms with Crippen LogP contribution in [-0.2, 0) is 14.8 Å². The number of hydrogen-bond donors (Lipinski definition) is 1. The molecule has 0 aliphatic carbocycles.